The highest BCUT2D eigenvalue weighted by atomic mass is 16.8. The van der Waals surface area contributed by atoms with Crippen molar-refractivity contribution >= 4 is 5.91 Å². The molecule has 3 aliphatic heterocycles. The summed E-state index contributed by atoms with van der Waals surface area (Å²) in [6.45, 7) is 1.33. The second kappa shape index (κ2) is 49.6. The number of nitrogens with one attached hydrogen (secondary N) is 1. The molecule has 1 amide bonds. The number of ether oxygens (including phenoxy) is 6. The van der Waals surface area contributed by atoms with Crippen LogP contribution in [0.1, 0.15) is 206 Å². The normalized spacial score (nSPS) is 29.1. The average Bonchev–Trinajstić information content (AvgIpc) is 3.66. The molecule has 0 bridgehead atoms. The van der Waals surface area contributed by atoms with Crippen LogP contribution in [0.4, 0.5) is 0 Å². The van der Waals surface area contributed by atoms with Crippen molar-refractivity contribution in [1.29, 1.82) is 0 Å². The summed E-state index contributed by atoms with van der Waals surface area (Å²) in [6, 6.07) is -0.996. The van der Waals surface area contributed by atoms with Crippen LogP contribution in [0.25, 0.3) is 0 Å². The highest BCUT2D eigenvalue weighted by Gasteiger charge is 2.53. The Morgan fingerprint density at radius 3 is 1.29 bits per heavy atom. The minimum Gasteiger partial charge on any atom is -0.394 e. The van der Waals surface area contributed by atoms with Gasteiger partial charge in [0.15, 0.2) is 18.9 Å². The van der Waals surface area contributed by atoms with Crippen LogP contribution in [-0.2, 0) is 33.2 Å². The Morgan fingerprint density at radius 2 is 0.816 bits per heavy atom. The first-order valence-corrected chi connectivity index (χ1v) is 33.3. The third-order valence-corrected chi connectivity index (χ3v) is 16.3. The number of amides is 1. The lowest BCUT2D eigenvalue weighted by molar-refractivity contribution is -0.379. The molecule has 0 saturated carbocycles. The predicted molar refractivity (Wildman–Crippen MR) is 337 cm³/mol. The molecule has 19 heteroatoms. The fourth-order valence-electron chi connectivity index (χ4n) is 10.9. The molecule has 0 aromatic heterocycles. The van der Waals surface area contributed by atoms with Gasteiger partial charge in [-0.2, -0.15) is 0 Å². The van der Waals surface area contributed by atoms with Crippen LogP contribution in [0.3, 0.4) is 0 Å². The first kappa shape index (κ1) is 78.2. The lowest BCUT2D eigenvalue weighted by Crippen LogP contribution is -2.66. The van der Waals surface area contributed by atoms with Crippen molar-refractivity contribution in [2.75, 3.05) is 26.4 Å². The van der Waals surface area contributed by atoms with Crippen molar-refractivity contribution in [2.45, 2.75) is 311 Å². The van der Waals surface area contributed by atoms with E-state index in [0.29, 0.717) is 12.8 Å². The molecular weight excluding hydrogens is 1120 g/mol. The molecule has 3 heterocycles. The van der Waals surface area contributed by atoms with Crippen LogP contribution in [0.2, 0.25) is 0 Å². The molecule has 19 nitrogen and oxygen atoms in total. The summed E-state index contributed by atoms with van der Waals surface area (Å²) in [5, 5.41) is 120. The number of hydrogen-bond acceptors (Lipinski definition) is 18. The molecule has 3 fully saturated rings. The lowest BCUT2D eigenvalue weighted by atomic mass is 9.96. The van der Waals surface area contributed by atoms with E-state index in [4.69, 9.17) is 28.4 Å². The van der Waals surface area contributed by atoms with Gasteiger partial charge in [-0.3, -0.25) is 4.79 Å². The molecule has 0 spiro atoms. The number of carbonyl (C=O) groups is 1. The predicted octanol–water partition coefficient (Wildman–Crippen LogP) is 7.93. The van der Waals surface area contributed by atoms with E-state index < -0.39 is 124 Å². The van der Waals surface area contributed by atoms with Gasteiger partial charge in [0.1, 0.15) is 73.2 Å². The summed E-state index contributed by atoms with van der Waals surface area (Å²) in [5.41, 5.74) is 0. The molecule has 17 unspecified atom stereocenters. The quantitative estimate of drug-likeness (QED) is 0.0203. The van der Waals surface area contributed by atoms with Crippen LogP contribution >= 0.6 is 0 Å². The van der Waals surface area contributed by atoms with E-state index in [2.05, 4.69) is 79.1 Å². The van der Waals surface area contributed by atoms with Gasteiger partial charge in [-0.15, -0.1) is 0 Å². The van der Waals surface area contributed by atoms with E-state index >= 15 is 0 Å². The molecule has 17 atom stereocenters. The maximum atomic E-state index is 13.3. The van der Waals surface area contributed by atoms with Gasteiger partial charge < -0.3 is 89.9 Å². The Kier molecular flexibility index (Phi) is 44.6. The van der Waals surface area contributed by atoms with Gasteiger partial charge in [0.05, 0.1) is 38.6 Å². The average molecular weight is 1240 g/mol. The van der Waals surface area contributed by atoms with Crippen LogP contribution in [-0.4, -0.2) is 193 Å². The molecule has 502 valence electrons. The van der Waals surface area contributed by atoms with Crippen molar-refractivity contribution < 1.29 is 89.4 Å². The van der Waals surface area contributed by atoms with E-state index in [9.17, 15) is 61.0 Å². The zero-order chi connectivity index (χ0) is 63.3. The maximum absolute atomic E-state index is 13.3. The Balaban J connectivity index is 1.33. The van der Waals surface area contributed by atoms with Crippen molar-refractivity contribution in [2.24, 2.45) is 0 Å². The van der Waals surface area contributed by atoms with Gasteiger partial charge in [-0.1, -0.05) is 208 Å². The summed E-state index contributed by atoms with van der Waals surface area (Å²) in [4.78, 5) is 13.3. The fourth-order valence-corrected chi connectivity index (χ4v) is 10.9. The Labute approximate surface area is 520 Å². The van der Waals surface area contributed by atoms with E-state index in [1.54, 1.807) is 6.08 Å². The molecule has 12 N–H and O–H groups in total. The molecule has 0 aliphatic carbocycles. The van der Waals surface area contributed by atoms with Crippen molar-refractivity contribution in [3.63, 3.8) is 0 Å². The zero-order valence-electron chi connectivity index (χ0n) is 52.7. The first-order valence-electron chi connectivity index (χ1n) is 33.3. The molecule has 87 heavy (non-hydrogen) atoms. The molecular formula is C68H117NO18. The number of aliphatic hydroxyl groups excluding tert-OH is 11. The van der Waals surface area contributed by atoms with E-state index in [-0.39, 0.29) is 18.9 Å². The minimum atomic E-state index is -1.98. The second-order valence-electron chi connectivity index (χ2n) is 23.5. The number of rotatable bonds is 49. The van der Waals surface area contributed by atoms with Gasteiger partial charge >= 0.3 is 0 Å². The third-order valence-electron chi connectivity index (χ3n) is 16.3. The molecule has 0 radical (unpaired) electrons. The number of carbonyl (C=O) groups excluding carboxylic acids is 1. The monoisotopic (exact) mass is 1240 g/mol. The van der Waals surface area contributed by atoms with Gasteiger partial charge in [-0.25, -0.2) is 0 Å². The van der Waals surface area contributed by atoms with Gasteiger partial charge in [0.2, 0.25) is 5.91 Å². The summed E-state index contributed by atoms with van der Waals surface area (Å²) in [7, 11) is 0. The second-order valence-corrected chi connectivity index (χ2v) is 23.5. The molecule has 3 aliphatic rings. The Morgan fingerprint density at radius 1 is 0.437 bits per heavy atom. The number of aliphatic hydroxyl groups is 11. The highest BCUT2D eigenvalue weighted by Crippen LogP contribution is 2.33. The molecule has 3 rings (SSSR count). The SMILES string of the molecule is C/C=C/CC/C=C/CC/C=C/C(O)C(COC1OC(CO)C(OC2OC(CO)C(OC3OC(CO)C(O)C(O)C3O)C(O)C2O)C(O)C1O)NC(=O)CCCCCCCCCCCCCCCCCCCCCC/C=C\C/C=C\C/C=C\C/C=C\CC. The number of unbranched alkanes of at least 4 members (excludes halogenated alkanes) is 22. The van der Waals surface area contributed by atoms with Crippen LogP contribution in [0.5, 0.6) is 0 Å². The molecule has 0 aromatic rings. The first-order chi connectivity index (χ1) is 42.3. The summed E-state index contributed by atoms with van der Waals surface area (Å²) >= 11 is 0. The summed E-state index contributed by atoms with van der Waals surface area (Å²) in [5.74, 6) is -0.294. The minimum absolute atomic E-state index is 0.230. The summed E-state index contributed by atoms with van der Waals surface area (Å²) in [6.07, 6.45) is 36.3. The standard InChI is InChI=1S/C68H117NO18/c1-3-5-7-9-11-13-14-15-16-17-18-19-20-21-22-23-24-25-26-27-28-29-30-31-32-33-34-35-36-38-40-42-44-46-56(74)69-51(52(73)45-43-41-39-37-12-10-8-6-4-2)50-82-66-62(80)59(77)64(54(48-71)84-66)87-68-63(81)60(78)65(55(49-72)85-68)86-67-61(79)58(76)57(75)53(47-70)83-67/h4-7,11-13,15-16,18-19,37,43,45,51-55,57-68,70-73,75-81H,3,8-10,14,17,20-36,38-42,44,46-50H2,1-2H3,(H,69,74)/b6-4+,7-5-,13-11-,16-15-,19-18-,37-12+,45-43+. The highest BCUT2D eigenvalue weighted by molar-refractivity contribution is 5.76. The van der Waals surface area contributed by atoms with Gasteiger partial charge in [-0.05, 0) is 77.6 Å². The zero-order valence-corrected chi connectivity index (χ0v) is 52.7. The Bertz CT molecular complexity index is 1910. The van der Waals surface area contributed by atoms with Gasteiger partial charge in [0.25, 0.3) is 0 Å². The van der Waals surface area contributed by atoms with E-state index in [1.807, 2.05) is 19.1 Å². The number of hydrogen-bond donors (Lipinski definition) is 12. The topological polar surface area (TPSA) is 307 Å². The third kappa shape index (κ3) is 32.2. The van der Waals surface area contributed by atoms with Crippen molar-refractivity contribution in [3.05, 3.63) is 85.1 Å². The van der Waals surface area contributed by atoms with Gasteiger partial charge in [0, 0.05) is 6.42 Å². The summed E-state index contributed by atoms with van der Waals surface area (Å²) < 4.78 is 34.2. The maximum Gasteiger partial charge on any atom is 0.220 e. The molecule has 3 saturated heterocycles. The van der Waals surface area contributed by atoms with Crippen LogP contribution in [0.15, 0.2) is 85.1 Å². The Hall–Kier alpha value is -3.03. The fraction of sp³-hybridized carbons (Fsp3) is 0.779. The van der Waals surface area contributed by atoms with Crippen molar-refractivity contribution in [1.82, 2.24) is 5.32 Å². The lowest BCUT2D eigenvalue weighted by Gasteiger charge is -2.48. The van der Waals surface area contributed by atoms with E-state index in [0.717, 1.165) is 64.2 Å². The molecule has 0 aromatic carbocycles. The largest absolute Gasteiger partial charge is 0.394 e. The van der Waals surface area contributed by atoms with Crippen LogP contribution < -0.4 is 5.32 Å². The van der Waals surface area contributed by atoms with E-state index in [1.165, 1.54) is 109 Å². The van der Waals surface area contributed by atoms with Crippen molar-refractivity contribution in [3.8, 4) is 0 Å². The van der Waals surface area contributed by atoms with Crippen LogP contribution in [0, 0.1) is 0 Å². The smallest absolute Gasteiger partial charge is 0.220 e. The number of allylic oxidation sites excluding steroid dienone is 13.